The number of rotatable bonds is 2. The van der Waals surface area contributed by atoms with Crippen LogP contribution in [0.5, 0.6) is 0 Å². The van der Waals surface area contributed by atoms with Gasteiger partial charge in [-0.3, -0.25) is 0 Å². The highest BCUT2D eigenvalue weighted by molar-refractivity contribution is 5.92. The number of piperidine rings is 1. The topological polar surface area (TPSA) is 56.6 Å². The molecule has 1 aliphatic rings. The summed E-state index contributed by atoms with van der Waals surface area (Å²) in [4.78, 5) is 6.70. The van der Waals surface area contributed by atoms with E-state index in [1.165, 1.54) is 0 Å². The van der Waals surface area contributed by atoms with E-state index in [0.717, 1.165) is 36.0 Å². The number of pyridine rings is 1. The molecule has 4 heteroatoms. The van der Waals surface area contributed by atoms with E-state index in [9.17, 15) is 10.2 Å². The van der Waals surface area contributed by atoms with Crippen molar-refractivity contribution in [3.8, 4) is 0 Å². The van der Waals surface area contributed by atoms with Crippen molar-refractivity contribution in [3.63, 3.8) is 0 Å². The van der Waals surface area contributed by atoms with E-state index < -0.39 is 5.60 Å². The molecule has 2 aromatic rings. The van der Waals surface area contributed by atoms with Crippen LogP contribution >= 0.6 is 0 Å². The van der Waals surface area contributed by atoms with E-state index in [0.29, 0.717) is 12.2 Å². The monoisotopic (exact) mass is 272 g/mol. The van der Waals surface area contributed by atoms with Crippen molar-refractivity contribution in [3.05, 3.63) is 36.0 Å². The van der Waals surface area contributed by atoms with E-state index in [4.69, 9.17) is 0 Å². The summed E-state index contributed by atoms with van der Waals surface area (Å²) < 4.78 is 0. The van der Waals surface area contributed by atoms with Crippen LogP contribution in [0.1, 0.15) is 25.5 Å². The van der Waals surface area contributed by atoms with Crippen molar-refractivity contribution >= 4 is 16.6 Å². The molecule has 1 saturated heterocycles. The van der Waals surface area contributed by atoms with E-state index >= 15 is 0 Å². The van der Waals surface area contributed by atoms with Crippen molar-refractivity contribution in [1.82, 2.24) is 4.98 Å². The Kier molecular flexibility index (Phi) is 3.36. The molecule has 1 atom stereocenters. The van der Waals surface area contributed by atoms with Crippen LogP contribution in [0.4, 0.5) is 5.82 Å². The Morgan fingerprint density at radius 3 is 2.90 bits per heavy atom. The SMILES string of the molecule is CC1(O)CCCN(c2nc(CO)cc3ccccc23)C1. The quantitative estimate of drug-likeness (QED) is 0.879. The van der Waals surface area contributed by atoms with Gasteiger partial charge in [0.05, 0.1) is 17.9 Å². The zero-order chi connectivity index (χ0) is 14.2. The molecule has 0 bridgehead atoms. The van der Waals surface area contributed by atoms with Gasteiger partial charge in [-0.15, -0.1) is 0 Å². The van der Waals surface area contributed by atoms with Crippen LogP contribution in [-0.2, 0) is 6.61 Å². The van der Waals surface area contributed by atoms with Gasteiger partial charge in [0.15, 0.2) is 0 Å². The van der Waals surface area contributed by atoms with Gasteiger partial charge >= 0.3 is 0 Å². The molecule has 3 rings (SSSR count). The number of aromatic nitrogens is 1. The molecule has 2 heterocycles. The molecule has 1 aromatic heterocycles. The molecule has 1 aliphatic heterocycles. The molecule has 0 spiro atoms. The lowest BCUT2D eigenvalue weighted by molar-refractivity contribution is 0.0448. The number of nitrogens with zero attached hydrogens (tertiary/aromatic N) is 2. The van der Waals surface area contributed by atoms with Gasteiger partial charge in [0.25, 0.3) is 0 Å². The highest BCUT2D eigenvalue weighted by Gasteiger charge is 2.29. The zero-order valence-corrected chi connectivity index (χ0v) is 11.7. The third-order valence-corrected chi connectivity index (χ3v) is 3.91. The highest BCUT2D eigenvalue weighted by Crippen LogP contribution is 2.30. The maximum Gasteiger partial charge on any atom is 0.136 e. The lowest BCUT2D eigenvalue weighted by Gasteiger charge is -2.38. The first kappa shape index (κ1) is 13.3. The molecule has 106 valence electrons. The minimum Gasteiger partial charge on any atom is -0.390 e. The number of hydrogen-bond donors (Lipinski definition) is 2. The van der Waals surface area contributed by atoms with Crippen molar-refractivity contribution in [2.24, 2.45) is 0 Å². The summed E-state index contributed by atoms with van der Waals surface area (Å²) >= 11 is 0. The van der Waals surface area contributed by atoms with Crippen LogP contribution in [0, 0.1) is 0 Å². The Bertz CT molecular complexity index is 625. The van der Waals surface area contributed by atoms with Crippen LogP contribution in [-0.4, -0.2) is 33.9 Å². The summed E-state index contributed by atoms with van der Waals surface area (Å²) in [6, 6.07) is 9.97. The molecular formula is C16H20N2O2. The van der Waals surface area contributed by atoms with Crippen molar-refractivity contribution < 1.29 is 10.2 Å². The number of aliphatic hydroxyl groups is 2. The van der Waals surface area contributed by atoms with E-state index in [1.54, 1.807) is 0 Å². The van der Waals surface area contributed by atoms with E-state index in [1.807, 2.05) is 37.3 Å². The van der Waals surface area contributed by atoms with Crippen molar-refractivity contribution in [2.45, 2.75) is 32.0 Å². The Balaban J connectivity index is 2.09. The van der Waals surface area contributed by atoms with Gasteiger partial charge in [-0.05, 0) is 31.2 Å². The summed E-state index contributed by atoms with van der Waals surface area (Å²) in [5, 5.41) is 21.8. The average Bonchev–Trinajstić information content (AvgIpc) is 2.45. The molecule has 1 fully saturated rings. The van der Waals surface area contributed by atoms with E-state index in [-0.39, 0.29) is 6.61 Å². The molecule has 2 N–H and O–H groups in total. The zero-order valence-electron chi connectivity index (χ0n) is 11.7. The largest absolute Gasteiger partial charge is 0.390 e. The summed E-state index contributed by atoms with van der Waals surface area (Å²) in [6.45, 7) is 3.28. The van der Waals surface area contributed by atoms with E-state index in [2.05, 4.69) is 9.88 Å². The molecule has 0 radical (unpaired) electrons. The number of fused-ring (bicyclic) bond motifs is 1. The Morgan fingerprint density at radius 1 is 1.35 bits per heavy atom. The van der Waals surface area contributed by atoms with Gasteiger partial charge in [0, 0.05) is 18.5 Å². The Morgan fingerprint density at radius 2 is 2.15 bits per heavy atom. The number of hydrogen-bond acceptors (Lipinski definition) is 4. The van der Waals surface area contributed by atoms with Crippen molar-refractivity contribution in [1.29, 1.82) is 0 Å². The van der Waals surface area contributed by atoms with Crippen molar-refractivity contribution in [2.75, 3.05) is 18.0 Å². The summed E-state index contributed by atoms with van der Waals surface area (Å²) in [5.74, 6) is 0.868. The van der Waals surface area contributed by atoms with Crippen LogP contribution in [0.25, 0.3) is 10.8 Å². The molecule has 0 saturated carbocycles. The first-order chi connectivity index (χ1) is 9.59. The second kappa shape index (κ2) is 5.04. The second-order valence-electron chi connectivity index (χ2n) is 5.84. The average molecular weight is 272 g/mol. The fraction of sp³-hybridized carbons (Fsp3) is 0.438. The number of anilines is 1. The second-order valence-corrected chi connectivity index (χ2v) is 5.84. The maximum atomic E-state index is 10.3. The number of aliphatic hydroxyl groups excluding tert-OH is 1. The minimum atomic E-state index is -0.670. The van der Waals surface area contributed by atoms with Gasteiger partial charge in [0.1, 0.15) is 5.82 Å². The first-order valence-corrected chi connectivity index (χ1v) is 7.06. The van der Waals surface area contributed by atoms with Gasteiger partial charge < -0.3 is 15.1 Å². The maximum absolute atomic E-state index is 10.3. The lowest BCUT2D eigenvalue weighted by atomic mass is 9.95. The van der Waals surface area contributed by atoms with Gasteiger partial charge in [-0.1, -0.05) is 24.3 Å². The summed E-state index contributed by atoms with van der Waals surface area (Å²) in [6.07, 6.45) is 1.77. The third-order valence-electron chi connectivity index (χ3n) is 3.91. The summed E-state index contributed by atoms with van der Waals surface area (Å²) in [7, 11) is 0. The van der Waals surface area contributed by atoms with Gasteiger partial charge in [-0.2, -0.15) is 0 Å². The van der Waals surface area contributed by atoms with Crippen LogP contribution in [0.2, 0.25) is 0 Å². The van der Waals surface area contributed by atoms with Crippen LogP contribution in [0.15, 0.2) is 30.3 Å². The molecule has 1 unspecified atom stereocenters. The fourth-order valence-electron chi connectivity index (χ4n) is 2.96. The lowest BCUT2D eigenvalue weighted by Crippen LogP contribution is -2.46. The van der Waals surface area contributed by atoms with Gasteiger partial charge in [0.2, 0.25) is 0 Å². The highest BCUT2D eigenvalue weighted by atomic mass is 16.3. The molecule has 20 heavy (non-hydrogen) atoms. The normalized spacial score (nSPS) is 23.2. The van der Waals surface area contributed by atoms with Gasteiger partial charge in [-0.25, -0.2) is 4.98 Å². The molecule has 4 nitrogen and oxygen atoms in total. The number of β-amino-alcohol motifs (C(OH)–C–C–N with tert-alkyl or cyclic N) is 1. The first-order valence-electron chi connectivity index (χ1n) is 7.06. The predicted molar refractivity (Wildman–Crippen MR) is 79.7 cm³/mol. The number of benzene rings is 1. The minimum absolute atomic E-state index is 0.0674. The fourth-order valence-corrected chi connectivity index (χ4v) is 2.96. The Labute approximate surface area is 118 Å². The van der Waals surface area contributed by atoms with Crippen LogP contribution < -0.4 is 4.90 Å². The Hall–Kier alpha value is -1.65. The smallest absolute Gasteiger partial charge is 0.136 e. The molecule has 1 aromatic carbocycles. The molecular weight excluding hydrogens is 252 g/mol. The summed E-state index contributed by atoms with van der Waals surface area (Å²) in [5.41, 5.74) is -0.0000909. The predicted octanol–water partition coefficient (Wildman–Crippen LogP) is 2.08. The molecule has 0 aliphatic carbocycles. The standard InChI is InChI=1S/C16H20N2O2/c1-16(20)7-4-8-18(11-16)15-14-6-3-2-5-12(14)9-13(10-19)17-15/h2-3,5-6,9,19-20H,4,7-8,10-11H2,1H3. The molecule has 0 amide bonds. The third kappa shape index (κ3) is 2.49. The van der Waals surface area contributed by atoms with Crippen LogP contribution in [0.3, 0.4) is 0 Å².